The summed E-state index contributed by atoms with van der Waals surface area (Å²) in [4.78, 5) is 44.9. The van der Waals surface area contributed by atoms with Gasteiger partial charge in [0.2, 0.25) is 5.88 Å². The second-order valence-electron chi connectivity index (χ2n) is 8.75. The summed E-state index contributed by atoms with van der Waals surface area (Å²) in [6, 6.07) is 6.80. The molecule has 13 heteroatoms. The summed E-state index contributed by atoms with van der Waals surface area (Å²) in [5, 5.41) is 3.19. The van der Waals surface area contributed by atoms with Crippen molar-refractivity contribution in [3.8, 4) is 17.0 Å². The topological polar surface area (TPSA) is 110 Å². The van der Waals surface area contributed by atoms with Crippen molar-refractivity contribution in [3.63, 3.8) is 0 Å². The highest BCUT2D eigenvalue weighted by Crippen LogP contribution is 2.41. The molecule has 0 aromatic carbocycles. The average Bonchev–Trinajstić information content (AvgIpc) is 3.45. The Labute approximate surface area is 224 Å². The Bertz CT molecular complexity index is 1580. The van der Waals surface area contributed by atoms with E-state index >= 15 is 0 Å². The summed E-state index contributed by atoms with van der Waals surface area (Å²) in [5.74, 6) is -1.33. The molecule has 1 aliphatic rings. The number of alkyl halides is 3. The molecular formula is C26H21F3N6O3S. The second-order valence-corrected chi connectivity index (χ2v) is 9.78. The van der Waals surface area contributed by atoms with Crippen molar-refractivity contribution in [2.24, 2.45) is 0 Å². The number of aromatic nitrogens is 4. The number of ether oxygens (including phenoxy) is 1. The maximum absolute atomic E-state index is 13.2. The minimum atomic E-state index is -4.67. The normalized spacial score (nSPS) is 14.7. The van der Waals surface area contributed by atoms with Crippen molar-refractivity contribution < 1.29 is 27.5 Å². The molecule has 0 saturated heterocycles. The van der Waals surface area contributed by atoms with Gasteiger partial charge in [-0.3, -0.25) is 24.9 Å². The highest BCUT2D eigenvalue weighted by molar-refractivity contribution is 7.16. The molecule has 0 bridgehead atoms. The molecule has 0 spiro atoms. The Balaban J connectivity index is 1.35. The maximum atomic E-state index is 13.2. The van der Waals surface area contributed by atoms with E-state index in [1.807, 2.05) is 13.0 Å². The lowest BCUT2D eigenvalue weighted by Crippen LogP contribution is -2.29. The van der Waals surface area contributed by atoms with Crippen molar-refractivity contribution in [1.29, 1.82) is 0 Å². The summed E-state index contributed by atoms with van der Waals surface area (Å²) in [6.07, 6.45) is 0.125. The fourth-order valence-corrected chi connectivity index (χ4v) is 5.32. The molecule has 1 atom stereocenters. The molecule has 2 amide bonds. The van der Waals surface area contributed by atoms with Crippen LogP contribution in [0.3, 0.4) is 0 Å². The van der Waals surface area contributed by atoms with Gasteiger partial charge in [-0.1, -0.05) is 11.3 Å². The molecule has 200 valence electrons. The zero-order valence-electron chi connectivity index (χ0n) is 20.9. The quantitative estimate of drug-likeness (QED) is 0.357. The van der Waals surface area contributed by atoms with Gasteiger partial charge in [-0.25, -0.2) is 9.97 Å². The molecule has 39 heavy (non-hydrogen) atoms. The van der Waals surface area contributed by atoms with Crippen molar-refractivity contribution >= 4 is 28.3 Å². The molecule has 1 aliphatic heterocycles. The van der Waals surface area contributed by atoms with E-state index in [0.29, 0.717) is 22.0 Å². The summed E-state index contributed by atoms with van der Waals surface area (Å²) in [6.45, 7) is 3.73. The van der Waals surface area contributed by atoms with Gasteiger partial charge in [0, 0.05) is 24.3 Å². The van der Waals surface area contributed by atoms with E-state index in [9.17, 15) is 22.8 Å². The highest BCUT2D eigenvalue weighted by atomic mass is 32.1. The summed E-state index contributed by atoms with van der Waals surface area (Å²) in [7, 11) is 1.16. The van der Waals surface area contributed by atoms with Gasteiger partial charge in [0.05, 0.1) is 35.8 Å². The number of thiazole rings is 1. The molecule has 0 radical (unpaired) electrons. The number of methoxy groups -OCH3 is 1. The monoisotopic (exact) mass is 554 g/mol. The summed E-state index contributed by atoms with van der Waals surface area (Å²) >= 11 is 1.23. The van der Waals surface area contributed by atoms with E-state index in [-0.39, 0.29) is 18.0 Å². The van der Waals surface area contributed by atoms with Gasteiger partial charge < -0.3 is 9.64 Å². The predicted octanol–water partition coefficient (Wildman–Crippen LogP) is 5.30. The Morgan fingerprint density at radius 1 is 1.13 bits per heavy atom. The zero-order chi connectivity index (χ0) is 27.9. The number of aryl methyl sites for hydroxylation is 1. The van der Waals surface area contributed by atoms with Crippen LogP contribution >= 0.6 is 11.3 Å². The van der Waals surface area contributed by atoms with E-state index in [2.05, 4.69) is 25.3 Å². The van der Waals surface area contributed by atoms with Crippen LogP contribution in [-0.2, 0) is 12.7 Å². The van der Waals surface area contributed by atoms with Gasteiger partial charge in [-0.2, -0.15) is 13.2 Å². The van der Waals surface area contributed by atoms with Crippen LogP contribution < -0.4 is 10.1 Å². The fourth-order valence-electron chi connectivity index (χ4n) is 4.29. The summed E-state index contributed by atoms with van der Waals surface area (Å²) < 4.78 is 44.1. The number of anilines is 1. The van der Waals surface area contributed by atoms with Crippen LogP contribution in [0.2, 0.25) is 0 Å². The third-order valence-corrected chi connectivity index (χ3v) is 7.41. The summed E-state index contributed by atoms with van der Waals surface area (Å²) in [5.41, 5.74) is 2.00. The number of hydrogen-bond acceptors (Lipinski definition) is 8. The lowest BCUT2D eigenvalue weighted by Gasteiger charge is -2.22. The molecular weight excluding hydrogens is 533 g/mol. The van der Waals surface area contributed by atoms with Crippen molar-refractivity contribution in [2.45, 2.75) is 32.6 Å². The minimum absolute atomic E-state index is 0.0865. The molecule has 4 aromatic heterocycles. The van der Waals surface area contributed by atoms with E-state index in [1.165, 1.54) is 22.4 Å². The third kappa shape index (κ3) is 5.04. The van der Waals surface area contributed by atoms with Gasteiger partial charge in [-0.15, -0.1) is 0 Å². The maximum Gasteiger partial charge on any atom is 0.433 e. The number of nitrogens with zero attached hydrogens (tertiary/aromatic N) is 5. The van der Waals surface area contributed by atoms with E-state index in [1.54, 1.807) is 31.5 Å². The zero-order valence-corrected chi connectivity index (χ0v) is 21.7. The largest absolute Gasteiger partial charge is 0.480 e. The van der Waals surface area contributed by atoms with Crippen molar-refractivity contribution in [1.82, 2.24) is 24.8 Å². The number of fused-ring (bicyclic) bond motifs is 1. The Hall–Kier alpha value is -4.39. The molecule has 5 heterocycles. The van der Waals surface area contributed by atoms with Crippen LogP contribution in [0, 0.1) is 6.92 Å². The van der Waals surface area contributed by atoms with Crippen molar-refractivity contribution in [3.05, 3.63) is 82.0 Å². The molecule has 1 N–H and O–H groups in total. The molecule has 4 aromatic rings. The first-order valence-electron chi connectivity index (χ1n) is 11.7. The molecule has 9 nitrogen and oxygen atoms in total. The average molecular weight is 555 g/mol. The SMILES string of the molecule is COc1nc(C(F)(F)F)ccc1C(=O)N1Cc2nc(NC(=O)c3cnc(C)cc3-c3ccncc3)sc2C1C. The molecule has 1 unspecified atom stereocenters. The van der Waals surface area contributed by atoms with Crippen LogP contribution in [0.25, 0.3) is 11.1 Å². The van der Waals surface area contributed by atoms with Crippen LogP contribution in [0.15, 0.2) is 48.9 Å². The van der Waals surface area contributed by atoms with Gasteiger partial charge in [0.15, 0.2) is 5.13 Å². The number of rotatable bonds is 5. The number of carbonyl (C=O) groups is 2. The van der Waals surface area contributed by atoms with Crippen LogP contribution in [0.5, 0.6) is 5.88 Å². The lowest BCUT2D eigenvalue weighted by molar-refractivity contribution is -0.141. The number of nitrogens with one attached hydrogen (secondary N) is 1. The molecule has 0 fully saturated rings. The first kappa shape index (κ1) is 26.2. The molecule has 0 saturated carbocycles. The highest BCUT2D eigenvalue weighted by Gasteiger charge is 2.38. The number of carbonyl (C=O) groups excluding carboxylic acids is 2. The Morgan fingerprint density at radius 2 is 1.87 bits per heavy atom. The number of amides is 2. The minimum Gasteiger partial charge on any atom is -0.480 e. The third-order valence-electron chi connectivity index (χ3n) is 6.23. The van der Waals surface area contributed by atoms with Crippen molar-refractivity contribution in [2.75, 3.05) is 12.4 Å². The van der Waals surface area contributed by atoms with Crippen LogP contribution in [0.4, 0.5) is 18.3 Å². The number of hydrogen-bond donors (Lipinski definition) is 1. The molecule has 0 aliphatic carbocycles. The smallest absolute Gasteiger partial charge is 0.433 e. The predicted molar refractivity (Wildman–Crippen MR) is 136 cm³/mol. The van der Waals surface area contributed by atoms with Gasteiger partial charge >= 0.3 is 6.18 Å². The van der Waals surface area contributed by atoms with Crippen LogP contribution in [0.1, 0.15) is 55.6 Å². The number of pyridine rings is 3. The Kier molecular flexibility index (Phi) is 6.76. The first-order chi connectivity index (χ1) is 18.6. The fraction of sp³-hybridized carbons (Fsp3) is 0.231. The van der Waals surface area contributed by atoms with E-state index in [4.69, 9.17) is 4.74 Å². The van der Waals surface area contributed by atoms with E-state index in [0.717, 1.165) is 35.4 Å². The van der Waals surface area contributed by atoms with Gasteiger partial charge in [-0.05, 0) is 55.3 Å². The van der Waals surface area contributed by atoms with Gasteiger partial charge in [0.25, 0.3) is 11.8 Å². The van der Waals surface area contributed by atoms with Gasteiger partial charge in [0.1, 0.15) is 11.3 Å². The lowest BCUT2D eigenvalue weighted by atomic mass is 10.0. The van der Waals surface area contributed by atoms with E-state index < -0.39 is 29.7 Å². The van der Waals surface area contributed by atoms with Crippen LogP contribution in [-0.4, -0.2) is 43.8 Å². The standard InChI is InChI=1S/C26H21F3N6O3S/c1-13-10-17(15-6-8-30-9-7-15)18(11-31-13)22(36)34-25-32-19-12-35(14(2)21(19)39-25)24(37)16-4-5-20(26(27,28)29)33-23(16)38-3/h4-11,14H,12H2,1-3H3,(H,32,34,36). The Morgan fingerprint density at radius 3 is 2.54 bits per heavy atom. The number of halogens is 3. The molecule has 5 rings (SSSR count). The first-order valence-corrected chi connectivity index (χ1v) is 12.5. The second kappa shape index (κ2) is 10.1.